The van der Waals surface area contributed by atoms with Crippen LogP contribution in [0.2, 0.25) is 0 Å². The van der Waals surface area contributed by atoms with Crippen molar-refractivity contribution in [2.24, 2.45) is 0 Å². The first-order valence-corrected chi connectivity index (χ1v) is 5.38. The Morgan fingerprint density at radius 3 is 3.06 bits per heavy atom. The molecule has 2 aromatic rings. The highest BCUT2D eigenvalue weighted by molar-refractivity contribution is 5.81. The van der Waals surface area contributed by atoms with Gasteiger partial charge in [0.15, 0.2) is 0 Å². The second kappa shape index (κ2) is 2.89. The first-order valence-electron chi connectivity index (χ1n) is 5.38. The number of carbonyl (C=O) groups is 1. The summed E-state index contributed by atoms with van der Waals surface area (Å²) in [5, 5.41) is 5.64. The Morgan fingerprint density at radius 1 is 1.24 bits per heavy atom. The molecule has 1 fully saturated rings. The summed E-state index contributed by atoms with van der Waals surface area (Å²) < 4.78 is 1.98. The SMILES string of the molecule is O=C1N[C@H]2NNc3nc4ccccc4n3[C@H]2N1. The number of nitrogens with one attached hydrogen (secondary N) is 4. The summed E-state index contributed by atoms with van der Waals surface area (Å²) >= 11 is 0. The summed E-state index contributed by atoms with van der Waals surface area (Å²) in [5.74, 6) is 0.705. The normalized spacial score (nSPS) is 25.8. The fraction of sp³-hybridized carbons (Fsp3) is 0.200. The van der Waals surface area contributed by atoms with Crippen LogP contribution in [0.1, 0.15) is 6.17 Å². The van der Waals surface area contributed by atoms with Gasteiger partial charge >= 0.3 is 6.03 Å². The molecule has 86 valence electrons. The molecule has 1 saturated heterocycles. The van der Waals surface area contributed by atoms with E-state index in [1.54, 1.807) is 0 Å². The molecule has 7 heteroatoms. The number of rotatable bonds is 0. The van der Waals surface area contributed by atoms with Gasteiger partial charge in [-0.15, -0.1) is 0 Å². The van der Waals surface area contributed by atoms with Gasteiger partial charge < -0.3 is 10.6 Å². The van der Waals surface area contributed by atoms with Crippen molar-refractivity contribution in [1.29, 1.82) is 0 Å². The predicted molar refractivity (Wildman–Crippen MR) is 61.0 cm³/mol. The molecular weight excluding hydrogens is 220 g/mol. The number of hydrazine groups is 1. The number of benzene rings is 1. The highest BCUT2D eigenvalue weighted by atomic mass is 16.2. The van der Waals surface area contributed by atoms with Crippen LogP contribution in [0.4, 0.5) is 10.7 Å². The third-order valence-corrected chi connectivity index (χ3v) is 3.09. The monoisotopic (exact) mass is 230 g/mol. The minimum absolute atomic E-state index is 0.161. The van der Waals surface area contributed by atoms with E-state index in [0.29, 0.717) is 5.95 Å². The van der Waals surface area contributed by atoms with Gasteiger partial charge in [0, 0.05) is 0 Å². The molecule has 2 atom stereocenters. The van der Waals surface area contributed by atoms with Crippen LogP contribution in [-0.2, 0) is 0 Å². The third kappa shape index (κ3) is 1.08. The van der Waals surface area contributed by atoms with E-state index in [-0.39, 0.29) is 18.4 Å². The number of anilines is 1. The number of hydrogen-bond acceptors (Lipinski definition) is 4. The van der Waals surface area contributed by atoms with E-state index in [1.165, 1.54) is 0 Å². The van der Waals surface area contributed by atoms with Crippen LogP contribution in [0.15, 0.2) is 24.3 Å². The topological polar surface area (TPSA) is 83.0 Å². The van der Waals surface area contributed by atoms with Crippen LogP contribution >= 0.6 is 0 Å². The standard InChI is InChI=1S/C10H10N6O/c17-10-12-7-8(13-10)16-6-4-2-1-3-5(6)11-9(16)15-14-7/h1-4,7-8,14H,(H,11,15)(H2,12,13,17)/t7-,8+/m0/s1. The minimum Gasteiger partial charge on any atom is -0.317 e. The summed E-state index contributed by atoms with van der Waals surface area (Å²) in [4.78, 5) is 15.8. The molecular formula is C10H10N6O. The van der Waals surface area contributed by atoms with Gasteiger partial charge in [0.05, 0.1) is 11.0 Å². The second-order valence-corrected chi connectivity index (χ2v) is 4.10. The maximum absolute atomic E-state index is 11.4. The minimum atomic E-state index is -0.181. The Morgan fingerprint density at radius 2 is 2.12 bits per heavy atom. The van der Waals surface area contributed by atoms with E-state index in [0.717, 1.165) is 11.0 Å². The average molecular weight is 230 g/mol. The molecule has 1 aromatic carbocycles. The fourth-order valence-corrected chi connectivity index (χ4v) is 2.36. The van der Waals surface area contributed by atoms with Gasteiger partial charge in [-0.25, -0.2) is 15.2 Å². The second-order valence-electron chi connectivity index (χ2n) is 4.10. The summed E-state index contributed by atoms with van der Waals surface area (Å²) in [5.41, 5.74) is 7.89. The number of urea groups is 1. The molecule has 3 heterocycles. The van der Waals surface area contributed by atoms with Crippen molar-refractivity contribution in [3.63, 3.8) is 0 Å². The van der Waals surface area contributed by atoms with Crippen molar-refractivity contribution in [3.8, 4) is 0 Å². The molecule has 0 unspecified atom stereocenters. The van der Waals surface area contributed by atoms with Gasteiger partial charge in [0.2, 0.25) is 5.95 Å². The molecule has 0 spiro atoms. The lowest BCUT2D eigenvalue weighted by atomic mass is 10.3. The average Bonchev–Trinajstić information content (AvgIpc) is 2.87. The summed E-state index contributed by atoms with van der Waals surface area (Å²) in [6, 6.07) is 7.65. The summed E-state index contributed by atoms with van der Waals surface area (Å²) in [6.07, 6.45) is -0.334. The Labute approximate surface area is 96.2 Å². The van der Waals surface area contributed by atoms with Gasteiger partial charge in [-0.1, -0.05) is 12.1 Å². The summed E-state index contributed by atoms with van der Waals surface area (Å²) in [7, 11) is 0. The first kappa shape index (κ1) is 8.82. The van der Waals surface area contributed by atoms with E-state index in [9.17, 15) is 4.79 Å². The van der Waals surface area contributed by atoms with Crippen LogP contribution in [0, 0.1) is 0 Å². The Balaban J connectivity index is 1.96. The molecule has 2 amide bonds. The largest absolute Gasteiger partial charge is 0.317 e. The van der Waals surface area contributed by atoms with Crippen LogP contribution in [-0.4, -0.2) is 21.7 Å². The molecule has 0 aliphatic carbocycles. The zero-order chi connectivity index (χ0) is 11.4. The number of carbonyl (C=O) groups excluding carboxylic acids is 1. The van der Waals surface area contributed by atoms with E-state index >= 15 is 0 Å². The van der Waals surface area contributed by atoms with Gasteiger partial charge in [0.25, 0.3) is 0 Å². The van der Waals surface area contributed by atoms with Gasteiger partial charge in [-0.05, 0) is 12.1 Å². The van der Waals surface area contributed by atoms with E-state index in [1.807, 2.05) is 28.8 Å². The number of fused-ring (bicyclic) bond motifs is 5. The zero-order valence-corrected chi connectivity index (χ0v) is 8.77. The maximum Gasteiger partial charge on any atom is 0.317 e. The number of aromatic nitrogens is 2. The number of nitrogens with zero attached hydrogens (tertiary/aromatic N) is 2. The van der Waals surface area contributed by atoms with Crippen molar-refractivity contribution in [1.82, 2.24) is 25.6 Å². The first-order chi connectivity index (χ1) is 8.33. The van der Waals surface area contributed by atoms with Crippen molar-refractivity contribution in [2.45, 2.75) is 12.3 Å². The highest BCUT2D eigenvalue weighted by Crippen LogP contribution is 2.28. The lowest BCUT2D eigenvalue weighted by Gasteiger charge is -2.28. The van der Waals surface area contributed by atoms with Crippen LogP contribution in [0.5, 0.6) is 0 Å². The lowest BCUT2D eigenvalue weighted by molar-refractivity contribution is 0.246. The fourth-order valence-electron chi connectivity index (χ4n) is 2.36. The van der Waals surface area contributed by atoms with Crippen LogP contribution < -0.4 is 21.5 Å². The predicted octanol–water partition coefficient (Wildman–Crippen LogP) is 0.104. The van der Waals surface area contributed by atoms with E-state index < -0.39 is 0 Å². The van der Waals surface area contributed by atoms with Gasteiger partial charge in [0.1, 0.15) is 12.3 Å². The summed E-state index contributed by atoms with van der Waals surface area (Å²) in [6.45, 7) is 0. The van der Waals surface area contributed by atoms with Crippen molar-refractivity contribution in [3.05, 3.63) is 24.3 Å². The molecule has 0 bridgehead atoms. The van der Waals surface area contributed by atoms with Crippen molar-refractivity contribution < 1.29 is 4.79 Å². The molecule has 0 saturated carbocycles. The number of para-hydroxylation sites is 2. The Kier molecular flexibility index (Phi) is 1.50. The molecule has 1 aromatic heterocycles. The Hall–Kier alpha value is -2.28. The van der Waals surface area contributed by atoms with Crippen molar-refractivity contribution in [2.75, 3.05) is 5.43 Å². The zero-order valence-electron chi connectivity index (χ0n) is 8.77. The Bertz CT molecular complexity index is 620. The lowest BCUT2D eigenvalue weighted by Crippen LogP contribution is -2.50. The maximum atomic E-state index is 11.4. The van der Waals surface area contributed by atoms with Gasteiger partial charge in [-0.3, -0.25) is 9.99 Å². The van der Waals surface area contributed by atoms with Gasteiger partial charge in [-0.2, -0.15) is 0 Å². The van der Waals surface area contributed by atoms with Crippen LogP contribution in [0.3, 0.4) is 0 Å². The van der Waals surface area contributed by atoms with Crippen molar-refractivity contribution >= 4 is 23.0 Å². The number of amides is 2. The molecule has 4 rings (SSSR count). The molecule has 2 aliphatic rings. The highest BCUT2D eigenvalue weighted by Gasteiger charge is 2.38. The molecule has 17 heavy (non-hydrogen) atoms. The molecule has 7 nitrogen and oxygen atoms in total. The molecule has 0 radical (unpaired) electrons. The number of hydrogen-bond donors (Lipinski definition) is 4. The van der Waals surface area contributed by atoms with E-state index in [2.05, 4.69) is 26.5 Å². The smallest absolute Gasteiger partial charge is 0.317 e. The van der Waals surface area contributed by atoms with E-state index in [4.69, 9.17) is 0 Å². The third-order valence-electron chi connectivity index (χ3n) is 3.09. The number of imidazole rings is 1. The molecule has 2 aliphatic heterocycles. The molecule has 4 N–H and O–H groups in total. The quantitative estimate of drug-likeness (QED) is 0.517. The van der Waals surface area contributed by atoms with Crippen LogP contribution in [0.25, 0.3) is 11.0 Å².